The number of benzene rings is 1. The predicted molar refractivity (Wildman–Crippen MR) is 123 cm³/mol. The molecule has 32 heavy (non-hydrogen) atoms. The number of carbonyl (C=O) groups is 1. The first-order valence-corrected chi connectivity index (χ1v) is 12.4. The second-order valence-corrected chi connectivity index (χ2v) is 11.1. The molecule has 3 fully saturated rings. The van der Waals surface area contributed by atoms with E-state index in [1.165, 1.54) is 5.57 Å². The van der Waals surface area contributed by atoms with Crippen LogP contribution in [0, 0.1) is 23.2 Å². The molecule has 2 heterocycles. The van der Waals surface area contributed by atoms with Gasteiger partial charge in [0.15, 0.2) is 0 Å². The van der Waals surface area contributed by atoms with Gasteiger partial charge in [-0.15, -0.1) is 0 Å². The number of nitrogens with zero attached hydrogens (tertiary/aromatic N) is 1. The lowest BCUT2D eigenvalue weighted by atomic mass is 9.55. The monoisotopic (exact) mass is 459 g/mol. The highest BCUT2D eigenvalue weighted by atomic mass is 35.5. The summed E-state index contributed by atoms with van der Waals surface area (Å²) in [7, 11) is 0. The Morgan fingerprint density at radius 1 is 1.22 bits per heavy atom. The first-order valence-electron chi connectivity index (χ1n) is 12.0. The van der Waals surface area contributed by atoms with Crippen molar-refractivity contribution in [2.45, 2.75) is 63.8 Å². The van der Waals surface area contributed by atoms with Crippen LogP contribution in [0.1, 0.15) is 51.5 Å². The molecule has 1 aromatic carbocycles. The largest absolute Gasteiger partial charge is 0.461 e. The third kappa shape index (κ3) is 3.53. The predicted octanol–water partition coefficient (Wildman–Crippen LogP) is 3.91. The fourth-order valence-electron chi connectivity index (χ4n) is 6.71. The van der Waals surface area contributed by atoms with Crippen LogP contribution in [-0.2, 0) is 15.1 Å². The molecule has 6 atom stereocenters. The molecule has 5 rings (SSSR count). The zero-order chi connectivity index (χ0) is 22.7. The highest BCUT2D eigenvalue weighted by molar-refractivity contribution is 6.30. The van der Waals surface area contributed by atoms with Gasteiger partial charge in [-0.25, -0.2) is 0 Å². The Labute approximate surface area is 195 Å². The number of aliphatic hydroxyl groups excluding tert-OH is 1. The third-order valence-electron chi connectivity index (χ3n) is 9.09. The Balaban J connectivity index is 1.29. The molecule has 0 aromatic heterocycles. The number of hydrogen-bond acceptors (Lipinski definition) is 5. The van der Waals surface area contributed by atoms with Gasteiger partial charge < -0.3 is 19.8 Å². The topological polar surface area (TPSA) is 70.0 Å². The van der Waals surface area contributed by atoms with Crippen LogP contribution in [0.4, 0.5) is 0 Å². The summed E-state index contributed by atoms with van der Waals surface area (Å²) in [4.78, 5) is 15.1. The zero-order valence-electron chi connectivity index (χ0n) is 19.0. The van der Waals surface area contributed by atoms with Crippen LogP contribution >= 0.6 is 11.6 Å². The van der Waals surface area contributed by atoms with Crippen LogP contribution in [0.15, 0.2) is 35.9 Å². The van der Waals surface area contributed by atoms with E-state index in [2.05, 4.69) is 24.8 Å². The summed E-state index contributed by atoms with van der Waals surface area (Å²) in [6, 6.07) is 7.42. The Morgan fingerprint density at radius 3 is 2.59 bits per heavy atom. The van der Waals surface area contributed by atoms with E-state index in [0.29, 0.717) is 43.4 Å². The Bertz CT molecular complexity index is 907. The van der Waals surface area contributed by atoms with Gasteiger partial charge in [-0.2, -0.15) is 0 Å². The highest BCUT2D eigenvalue weighted by Gasteiger charge is 2.59. The van der Waals surface area contributed by atoms with Gasteiger partial charge >= 0.3 is 5.97 Å². The number of rotatable bonds is 3. The van der Waals surface area contributed by atoms with E-state index < -0.39 is 11.7 Å². The highest BCUT2D eigenvalue weighted by Crippen LogP contribution is 2.56. The molecule has 1 saturated carbocycles. The molecule has 4 aliphatic rings. The second kappa shape index (κ2) is 8.12. The average molecular weight is 460 g/mol. The normalized spacial score (nSPS) is 39.1. The minimum absolute atomic E-state index is 0.165. The summed E-state index contributed by atoms with van der Waals surface area (Å²) >= 11 is 6.00. The molecular weight excluding hydrogens is 426 g/mol. The van der Waals surface area contributed by atoms with Gasteiger partial charge in [0, 0.05) is 42.4 Å². The van der Waals surface area contributed by atoms with E-state index in [0.717, 1.165) is 24.8 Å². The van der Waals surface area contributed by atoms with E-state index in [9.17, 15) is 15.0 Å². The van der Waals surface area contributed by atoms with Crippen molar-refractivity contribution in [3.63, 3.8) is 0 Å². The number of piperidine rings is 1. The maximum absolute atomic E-state index is 12.9. The lowest BCUT2D eigenvalue weighted by Gasteiger charge is -2.52. The molecule has 174 valence electrons. The van der Waals surface area contributed by atoms with Crippen molar-refractivity contribution in [2.75, 3.05) is 19.6 Å². The summed E-state index contributed by atoms with van der Waals surface area (Å²) < 4.78 is 5.81. The average Bonchev–Trinajstić information content (AvgIpc) is 3.07. The minimum Gasteiger partial charge on any atom is -0.461 e. The number of ether oxygens (including phenoxy) is 1. The van der Waals surface area contributed by atoms with E-state index >= 15 is 0 Å². The van der Waals surface area contributed by atoms with Crippen LogP contribution in [0.25, 0.3) is 0 Å². The van der Waals surface area contributed by atoms with E-state index in [-0.39, 0.29) is 29.3 Å². The van der Waals surface area contributed by atoms with Crippen molar-refractivity contribution in [3.8, 4) is 0 Å². The number of hydrogen-bond donors (Lipinski definition) is 2. The SMILES string of the molecule is C[C@@H]1CCC=C2C[C@H]3OC(=O)[C@H](CN4CCC(O)(c5ccc(Cl)cc5)CC4)[C@@H]3[C@H](O)[C@@]21C. The van der Waals surface area contributed by atoms with Crippen LogP contribution in [0.5, 0.6) is 0 Å². The Kier molecular flexibility index (Phi) is 5.68. The molecule has 2 saturated heterocycles. The van der Waals surface area contributed by atoms with Crippen LogP contribution in [-0.4, -0.2) is 52.9 Å². The lowest BCUT2D eigenvalue weighted by Crippen LogP contribution is -2.55. The summed E-state index contributed by atoms with van der Waals surface area (Å²) in [5.41, 5.74) is 1.02. The van der Waals surface area contributed by atoms with Gasteiger partial charge in [0.25, 0.3) is 0 Å². The van der Waals surface area contributed by atoms with Gasteiger partial charge in [0.2, 0.25) is 0 Å². The fourth-order valence-corrected chi connectivity index (χ4v) is 6.83. The number of fused-ring (bicyclic) bond motifs is 2. The molecule has 0 unspecified atom stereocenters. The molecule has 5 nitrogen and oxygen atoms in total. The number of allylic oxidation sites excluding steroid dienone is 1. The molecule has 2 N–H and O–H groups in total. The van der Waals surface area contributed by atoms with Crippen molar-refractivity contribution in [3.05, 3.63) is 46.5 Å². The van der Waals surface area contributed by atoms with Crippen molar-refractivity contribution in [1.29, 1.82) is 0 Å². The third-order valence-corrected chi connectivity index (χ3v) is 9.34. The van der Waals surface area contributed by atoms with Crippen molar-refractivity contribution >= 4 is 17.6 Å². The van der Waals surface area contributed by atoms with Crippen molar-refractivity contribution in [1.82, 2.24) is 4.90 Å². The fraction of sp³-hybridized carbons (Fsp3) is 0.654. The Hall–Kier alpha value is -1.40. The summed E-state index contributed by atoms with van der Waals surface area (Å²) in [6.45, 7) is 6.39. The summed E-state index contributed by atoms with van der Waals surface area (Å²) in [5, 5.41) is 23.4. The van der Waals surface area contributed by atoms with Gasteiger partial charge in [-0.1, -0.05) is 49.2 Å². The van der Waals surface area contributed by atoms with E-state index in [4.69, 9.17) is 16.3 Å². The Morgan fingerprint density at radius 2 is 1.91 bits per heavy atom. The number of halogens is 1. The van der Waals surface area contributed by atoms with Crippen LogP contribution in [0.2, 0.25) is 5.02 Å². The van der Waals surface area contributed by atoms with E-state index in [1.54, 1.807) is 0 Å². The van der Waals surface area contributed by atoms with Crippen molar-refractivity contribution in [2.24, 2.45) is 23.2 Å². The quantitative estimate of drug-likeness (QED) is 0.529. The molecule has 0 amide bonds. The van der Waals surface area contributed by atoms with Crippen LogP contribution in [0.3, 0.4) is 0 Å². The number of aliphatic hydroxyl groups is 2. The smallest absolute Gasteiger partial charge is 0.311 e. The van der Waals surface area contributed by atoms with Crippen molar-refractivity contribution < 1.29 is 19.7 Å². The second-order valence-electron chi connectivity index (χ2n) is 10.6. The number of likely N-dealkylation sites (tertiary alicyclic amines) is 1. The molecule has 2 aliphatic carbocycles. The molecule has 0 radical (unpaired) electrons. The number of carbonyl (C=O) groups excluding carboxylic acids is 1. The maximum Gasteiger partial charge on any atom is 0.311 e. The van der Waals surface area contributed by atoms with Gasteiger partial charge in [-0.3, -0.25) is 4.79 Å². The van der Waals surface area contributed by atoms with E-state index in [1.807, 2.05) is 24.3 Å². The molecule has 6 heteroatoms. The number of esters is 1. The van der Waals surface area contributed by atoms with Gasteiger partial charge in [-0.05, 0) is 49.3 Å². The standard InChI is InChI=1S/C26H34ClNO4/c1-16-4-3-5-18-14-21-22(23(29)25(16,18)2)20(24(30)32-21)15-28-12-10-26(31,11-13-28)17-6-8-19(27)9-7-17/h5-9,16,20-23,29,31H,3-4,10-15H2,1-2H3/t16-,20-,21-,22+,23+,25-/m1/s1. The molecular formula is C26H34ClNO4. The molecule has 0 bridgehead atoms. The molecule has 0 spiro atoms. The molecule has 1 aromatic rings. The van der Waals surface area contributed by atoms with Gasteiger partial charge in [0.05, 0.1) is 17.6 Å². The maximum atomic E-state index is 12.9. The lowest BCUT2D eigenvalue weighted by molar-refractivity contribution is -0.145. The summed E-state index contributed by atoms with van der Waals surface area (Å²) in [5.74, 6) is -0.265. The first kappa shape index (κ1) is 22.4. The zero-order valence-corrected chi connectivity index (χ0v) is 19.7. The van der Waals surface area contributed by atoms with Crippen LogP contribution < -0.4 is 0 Å². The summed E-state index contributed by atoms with van der Waals surface area (Å²) in [6.07, 6.45) is 5.55. The van der Waals surface area contributed by atoms with Gasteiger partial charge in [0.1, 0.15) is 6.10 Å². The molecule has 2 aliphatic heterocycles. The first-order chi connectivity index (χ1) is 15.2. The minimum atomic E-state index is -0.866.